The van der Waals surface area contributed by atoms with Crippen molar-refractivity contribution in [1.29, 1.82) is 0 Å². The molecule has 4 atom stereocenters. The fourth-order valence-electron chi connectivity index (χ4n) is 2.42. The van der Waals surface area contributed by atoms with Gasteiger partial charge in [-0.25, -0.2) is 0 Å². The van der Waals surface area contributed by atoms with Crippen molar-refractivity contribution in [3.8, 4) is 0 Å². The van der Waals surface area contributed by atoms with Crippen LogP contribution in [0.25, 0.3) is 0 Å². The molecule has 0 bridgehead atoms. The molecule has 0 amide bonds. The van der Waals surface area contributed by atoms with Crippen molar-refractivity contribution in [3.05, 3.63) is 0 Å². The van der Waals surface area contributed by atoms with Gasteiger partial charge in [0.05, 0.1) is 0 Å². The van der Waals surface area contributed by atoms with E-state index in [1.807, 2.05) is 0 Å². The van der Waals surface area contributed by atoms with Crippen LogP contribution in [-0.2, 0) is 0 Å². The first-order valence-corrected chi connectivity index (χ1v) is 6.47. The van der Waals surface area contributed by atoms with Gasteiger partial charge in [-0.3, -0.25) is 0 Å². The molecule has 1 saturated heterocycles. The number of hydrogen-bond donors (Lipinski definition) is 0. The predicted octanol–water partition coefficient (Wildman–Crippen LogP) is 2.47. The quantitative estimate of drug-likeness (QED) is 0.672. The van der Waals surface area contributed by atoms with Crippen LogP contribution in [0.15, 0.2) is 0 Å². The molecule has 0 N–H and O–H groups in total. The maximum Gasteiger partial charge on any atom is 0.0149 e. The van der Waals surface area contributed by atoms with Gasteiger partial charge >= 0.3 is 0 Å². The molecule has 2 fully saturated rings. The van der Waals surface area contributed by atoms with E-state index in [2.05, 4.69) is 37.4 Å². The molecule has 0 radical (unpaired) electrons. The van der Waals surface area contributed by atoms with Crippen LogP contribution in [0.1, 0.15) is 27.2 Å². The van der Waals surface area contributed by atoms with Gasteiger partial charge in [0.1, 0.15) is 0 Å². The highest BCUT2D eigenvalue weighted by molar-refractivity contribution is 8.00. The van der Waals surface area contributed by atoms with Gasteiger partial charge < -0.3 is 4.90 Å². The zero-order valence-electron chi connectivity index (χ0n) is 8.99. The predicted molar refractivity (Wildman–Crippen MR) is 60.2 cm³/mol. The van der Waals surface area contributed by atoms with Crippen LogP contribution in [0.3, 0.4) is 0 Å². The normalized spacial score (nSPS) is 46.4. The van der Waals surface area contributed by atoms with Crippen molar-refractivity contribution in [2.24, 2.45) is 11.8 Å². The molecule has 2 rings (SSSR count). The lowest BCUT2D eigenvalue weighted by molar-refractivity contribution is 0.256. The van der Waals surface area contributed by atoms with Gasteiger partial charge in [0.25, 0.3) is 0 Å². The van der Waals surface area contributed by atoms with E-state index in [0.29, 0.717) is 0 Å². The third kappa shape index (κ3) is 2.63. The summed E-state index contributed by atoms with van der Waals surface area (Å²) in [6.07, 6.45) is 1.48. The summed E-state index contributed by atoms with van der Waals surface area (Å²) in [4.78, 5) is 2.68. The molecule has 0 aromatic heterocycles. The number of rotatable bonds is 2. The van der Waals surface area contributed by atoms with Gasteiger partial charge in [0, 0.05) is 30.1 Å². The van der Waals surface area contributed by atoms with Gasteiger partial charge in [-0.1, -0.05) is 20.8 Å². The van der Waals surface area contributed by atoms with E-state index in [0.717, 1.165) is 22.3 Å². The van der Waals surface area contributed by atoms with Crippen LogP contribution in [0.4, 0.5) is 0 Å². The Morgan fingerprint density at radius 2 is 1.69 bits per heavy atom. The third-order valence-corrected chi connectivity index (χ3v) is 4.49. The lowest BCUT2D eigenvalue weighted by Gasteiger charge is -2.34. The third-order valence-electron chi connectivity index (χ3n) is 3.26. The summed E-state index contributed by atoms with van der Waals surface area (Å²) in [5.74, 6) is 2.04. The fourth-order valence-corrected chi connectivity index (χ4v) is 3.81. The maximum absolute atomic E-state index is 2.68. The monoisotopic (exact) mass is 199 g/mol. The average molecular weight is 199 g/mol. The van der Waals surface area contributed by atoms with Gasteiger partial charge in [-0.15, -0.1) is 0 Å². The molecular formula is C11H21NS. The first-order chi connectivity index (χ1) is 6.15. The summed E-state index contributed by atoms with van der Waals surface area (Å²) < 4.78 is 0. The van der Waals surface area contributed by atoms with E-state index in [4.69, 9.17) is 0 Å². The highest BCUT2D eigenvalue weighted by atomic mass is 32.2. The van der Waals surface area contributed by atoms with Gasteiger partial charge in [0.2, 0.25) is 0 Å². The Labute approximate surface area is 86.3 Å². The molecule has 0 aromatic rings. The minimum Gasteiger partial charge on any atom is -0.301 e. The van der Waals surface area contributed by atoms with Gasteiger partial charge in [-0.2, -0.15) is 11.8 Å². The van der Waals surface area contributed by atoms with Crippen molar-refractivity contribution in [2.75, 3.05) is 19.6 Å². The summed E-state index contributed by atoms with van der Waals surface area (Å²) in [6.45, 7) is 11.1. The SMILES string of the molecule is CC1CN(CC2CC2C)CC(C)S1. The van der Waals surface area contributed by atoms with Crippen LogP contribution >= 0.6 is 11.8 Å². The van der Waals surface area contributed by atoms with Crippen molar-refractivity contribution >= 4 is 11.8 Å². The Morgan fingerprint density at radius 3 is 2.15 bits per heavy atom. The van der Waals surface area contributed by atoms with E-state index < -0.39 is 0 Å². The van der Waals surface area contributed by atoms with Crippen molar-refractivity contribution in [2.45, 2.75) is 37.7 Å². The fraction of sp³-hybridized carbons (Fsp3) is 1.00. The highest BCUT2D eigenvalue weighted by Gasteiger charge is 2.35. The zero-order chi connectivity index (χ0) is 9.42. The van der Waals surface area contributed by atoms with Crippen molar-refractivity contribution in [3.63, 3.8) is 0 Å². The molecule has 13 heavy (non-hydrogen) atoms. The van der Waals surface area contributed by atoms with E-state index in [1.165, 1.54) is 26.1 Å². The smallest absolute Gasteiger partial charge is 0.0149 e. The Hall–Kier alpha value is 0.310. The van der Waals surface area contributed by atoms with Crippen LogP contribution in [0.5, 0.6) is 0 Å². The second kappa shape index (κ2) is 3.82. The van der Waals surface area contributed by atoms with E-state index in [9.17, 15) is 0 Å². The highest BCUT2D eigenvalue weighted by Crippen LogP contribution is 2.39. The Morgan fingerprint density at radius 1 is 1.15 bits per heavy atom. The first kappa shape index (κ1) is 9.85. The molecule has 2 heteroatoms. The largest absolute Gasteiger partial charge is 0.301 e. The molecule has 1 nitrogen and oxygen atoms in total. The molecule has 0 aromatic carbocycles. The van der Waals surface area contributed by atoms with E-state index in [-0.39, 0.29) is 0 Å². The lowest BCUT2D eigenvalue weighted by atomic mass is 10.2. The van der Waals surface area contributed by atoms with Crippen LogP contribution in [0.2, 0.25) is 0 Å². The summed E-state index contributed by atoms with van der Waals surface area (Å²) >= 11 is 2.15. The standard InChI is InChI=1S/C11H21NS/c1-8-4-11(8)7-12-5-9(2)13-10(3)6-12/h8-11H,4-7H2,1-3H3. The minimum atomic E-state index is 0.845. The Kier molecular flexibility index (Phi) is 2.89. The maximum atomic E-state index is 2.68. The van der Waals surface area contributed by atoms with Gasteiger partial charge in [-0.05, 0) is 18.3 Å². The lowest BCUT2D eigenvalue weighted by Crippen LogP contribution is -2.41. The van der Waals surface area contributed by atoms with Gasteiger partial charge in [0.15, 0.2) is 0 Å². The molecule has 76 valence electrons. The molecular weight excluding hydrogens is 178 g/mol. The Bertz CT molecular complexity index is 173. The number of thioether (sulfide) groups is 1. The molecule has 1 saturated carbocycles. The second-order valence-electron chi connectivity index (χ2n) is 4.95. The Balaban J connectivity index is 1.78. The summed E-state index contributed by atoms with van der Waals surface area (Å²) in [5, 5.41) is 1.69. The summed E-state index contributed by atoms with van der Waals surface area (Å²) in [6, 6.07) is 0. The van der Waals surface area contributed by atoms with Crippen LogP contribution in [0, 0.1) is 11.8 Å². The number of hydrogen-bond acceptors (Lipinski definition) is 2. The summed E-state index contributed by atoms with van der Waals surface area (Å²) in [7, 11) is 0. The first-order valence-electron chi connectivity index (χ1n) is 5.53. The number of nitrogens with zero attached hydrogens (tertiary/aromatic N) is 1. The van der Waals surface area contributed by atoms with Crippen LogP contribution in [-0.4, -0.2) is 35.0 Å². The topological polar surface area (TPSA) is 3.24 Å². The molecule has 4 unspecified atom stereocenters. The molecule has 1 aliphatic heterocycles. The molecule has 2 aliphatic rings. The summed E-state index contributed by atoms with van der Waals surface area (Å²) in [5.41, 5.74) is 0. The molecule has 0 spiro atoms. The van der Waals surface area contributed by atoms with Crippen molar-refractivity contribution in [1.82, 2.24) is 4.90 Å². The van der Waals surface area contributed by atoms with E-state index >= 15 is 0 Å². The second-order valence-corrected chi connectivity index (χ2v) is 6.83. The molecule has 1 aliphatic carbocycles. The van der Waals surface area contributed by atoms with Crippen molar-refractivity contribution < 1.29 is 0 Å². The minimum absolute atomic E-state index is 0.845. The molecule has 1 heterocycles. The van der Waals surface area contributed by atoms with Crippen LogP contribution < -0.4 is 0 Å². The zero-order valence-corrected chi connectivity index (χ0v) is 9.81. The average Bonchev–Trinajstić information content (AvgIpc) is 2.63. The van der Waals surface area contributed by atoms with E-state index in [1.54, 1.807) is 0 Å².